The van der Waals surface area contributed by atoms with Crippen molar-refractivity contribution in [1.29, 1.82) is 0 Å². The van der Waals surface area contributed by atoms with Crippen LogP contribution in [0.15, 0.2) is 47.2 Å². The molecule has 1 aliphatic carbocycles. The van der Waals surface area contributed by atoms with E-state index in [0.717, 1.165) is 12.8 Å². The Morgan fingerprint density at radius 2 is 1.82 bits per heavy atom. The summed E-state index contributed by atoms with van der Waals surface area (Å²) in [6.07, 6.45) is 3.94. The van der Waals surface area contributed by atoms with E-state index in [1.165, 1.54) is 22.3 Å². The Morgan fingerprint density at radius 3 is 2.41 bits per heavy atom. The van der Waals surface area contributed by atoms with Gasteiger partial charge in [0.2, 0.25) is 0 Å². The maximum atomic E-state index is 10.1. The lowest BCUT2D eigenvalue weighted by molar-refractivity contribution is 0.360. The minimum Gasteiger partial charge on any atom is -0.512 e. The van der Waals surface area contributed by atoms with Crippen LogP contribution in [0.25, 0.3) is 0 Å². The van der Waals surface area contributed by atoms with Crippen molar-refractivity contribution in [1.82, 2.24) is 0 Å². The van der Waals surface area contributed by atoms with Crippen molar-refractivity contribution in [2.24, 2.45) is 0 Å². The van der Waals surface area contributed by atoms with Crippen LogP contribution in [-0.4, -0.2) is 5.11 Å². The molecule has 1 heteroatoms. The average molecular weight is 228 g/mol. The smallest absolute Gasteiger partial charge is 0.100 e. The highest BCUT2D eigenvalue weighted by Crippen LogP contribution is 2.36. The molecule has 1 aliphatic rings. The van der Waals surface area contributed by atoms with Crippen molar-refractivity contribution < 1.29 is 5.11 Å². The van der Waals surface area contributed by atoms with Gasteiger partial charge in [0, 0.05) is 5.92 Å². The highest BCUT2D eigenvalue weighted by atomic mass is 16.3. The van der Waals surface area contributed by atoms with Gasteiger partial charge < -0.3 is 5.11 Å². The normalized spacial score (nSPS) is 20.4. The second-order valence-electron chi connectivity index (χ2n) is 4.88. The third-order valence-corrected chi connectivity index (χ3v) is 3.64. The molecule has 0 spiro atoms. The van der Waals surface area contributed by atoms with Crippen LogP contribution in [0.3, 0.4) is 0 Å². The van der Waals surface area contributed by atoms with Crippen LogP contribution in [0.2, 0.25) is 0 Å². The second-order valence-corrected chi connectivity index (χ2v) is 4.88. The summed E-state index contributed by atoms with van der Waals surface area (Å²) >= 11 is 0. The summed E-state index contributed by atoms with van der Waals surface area (Å²) < 4.78 is 0. The summed E-state index contributed by atoms with van der Waals surface area (Å²) in [6, 6.07) is 8.47. The van der Waals surface area contributed by atoms with Crippen molar-refractivity contribution >= 4 is 0 Å². The van der Waals surface area contributed by atoms with Crippen LogP contribution in [-0.2, 0) is 0 Å². The number of aliphatic hydroxyl groups excluding tert-OH is 1. The lowest BCUT2D eigenvalue weighted by Gasteiger charge is -2.24. The zero-order valence-electron chi connectivity index (χ0n) is 10.8. The van der Waals surface area contributed by atoms with E-state index in [2.05, 4.69) is 45.0 Å². The molecule has 1 N–H and O–H groups in total. The highest BCUT2D eigenvalue weighted by molar-refractivity contribution is 5.39. The first kappa shape index (κ1) is 12.0. The van der Waals surface area contributed by atoms with E-state index in [9.17, 15) is 5.11 Å². The van der Waals surface area contributed by atoms with E-state index < -0.39 is 0 Å². The van der Waals surface area contributed by atoms with Gasteiger partial charge in [-0.25, -0.2) is 0 Å². The maximum absolute atomic E-state index is 10.1. The van der Waals surface area contributed by atoms with E-state index in [-0.39, 0.29) is 5.92 Å². The van der Waals surface area contributed by atoms with Crippen LogP contribution >= 0.6 is 0 Å². The molecule has 0 radical (unpaired) electrons. The largest absolute Gasteiger partial charge is 0.512 e. The van der Waals surface area contributed by atoms with Crippen LogP contribution in [0.4, 0.5) is 0 Å². The molecule has 0 bridgehead atoms. The Morgan fingerprint density at radius 1 is 1.18 bits per heavy atom. The molecule has 90 valence electrons. The van der Waals surface area contributed by atoms with Gasteiger partial charge in [-0.05, 0) is 43.9 Å². The standard InChI is InChI=1S/C16H20O/c1-4-13-10-15(16(17)9-12(13)3)14-7-5-11(2)6-8-14/h5-9,15,17H,4,10H2,1-3H3. The quantitative estimate of drug-likeness (QED) is 0.781. The zero-order valence-corrected chi connectivity index (χ0v) is 10.8. The number of hydrogen-bond donors (Lipinski definition) is 1. The molecular weight excluding hydrogens is 208 g/mol. The fourth-order valence-electron chi connectivity index (χ4n) is 2.45. The molecule has 0 saturated carbocycles. The van der Waals surface area contributed by atoms with Crippen LogP contribution in [0, 0.1) is 6.92 Å². The minimum absolute atomic E-state index is 0.147. The average Bonchev–Trinajstić information content (AvgIpc) is 2.31. The topological polar surface area (TPSA) is 20.2 Å². The van der Waals surface area contributed by atoms with Crippen molar-refractivity contribution in [3.05, 3.63) is 58.4 Å². The summed E-state index contributed by atoms with van der Waals surface area (Å²) in [5.41, 5.74) is 5.15. The van der Waals surface area contributed by atoms with Gasteiger partial charge in [-0.1, -0.05) is 42.3 Å². The van der Waals surface area contributed by atoms with Crippen molar-refractivity contribution in [2.45, 2.75) is 39.5 Å². The molecule has 17 heavy (non-hydrogen) atoms. The summed E-state index contributed by atoms with van der Waals surface area (Å²) in [5, 5.41) is 10.1. The summed E-state index contributed by atoms with van der Waals surface area (Å²) in [4.78, 5) is 0. The predicted octanol–water partition coefficient (Wildman–Crippen LogP) is 4.65. The summed E-state index contributed by atoms with van der Waals surface area (Å²) in [5.74, 6) is 0.651. The Balaban J connectivity index is 2.31. The van der Waals surface area contributed by atoms with Crippen LogP contribution in [0.1, 0.15) is 43.7 Å². The molecule has 1 aromatic rings. The molecule has 2 rings (SSSR count). The first-order valence-electron chi connectivity index (χ1n) is 6.27. The molecule has 1 unspecified atom stereocenters. The first-order valence-corrected chi connectivity index (χ1v) is 6.27. The van der Waals surface area contributed by atoms with Crippen molar-refractivity contribution in [3.63, 3.8) is 0 Å². The number of benzene rings is 1. The maximum Gasteiger partial charge on any atom is 0.100 e. The lowest BCUT2D eigenvalue weighted by atomic mass is 9.83. The number of rotatable bonds is 2. The highest BCUT2D eigenvalue weighted by Gasteiger charge is 2.22. The van der Waals surface area contributed by atoms with Gasteiger partial charge in [0.05, 0.1) is 0 Å². The molecule has 1 aromatic carbocycles. The van der Waals surface area contributed by atoms with Crippen molar-refractivity contribution in [3.8, 4) is 0 Å². The number of aliphatic hydroxyl groups is 1. The van der Waals surface area contributed by atoms with Gasteiger partial charge in [0.15, 0.2) is 0 Å². The predicted molar refractivity (Wildman–Crippen MR) is 72.2 cm³/mol. The van der Waals surface area contributed by atoms with E-state index in [4.69, 9.17) is 0 Å². The monoisotopic (exact) mass is 228 g/mol. The number of hydrogen-bond acceptors (Lipinski definition) is 1. The second kappa shape index (κ2) is 4.79. The SMILES string of the molecule is CCC1=C(C)C=C(O)C(c2ccc(C)cc2)C1. The Labute approximate surface area is 103 Å². The third-order valence-electron chi connectivity index (χ3n) is 3.64. The van der Waals surface area contributed by atoms with E-state index >= 15 is 0 Å². The minimum atomic E-state index is 0.147. The molecule has 1 atom stereocenters. The van der Waals surface area contributed by atoms with Gasteiger partial charge in [0.1, 0.15) is 5.76 Å². The molecule has 0 aliphatic heterocycles. The fraction of sp³-hybridized carbons (Fsp3) is 0.375. The molecule has 0 amide bonds. The van der Waals surface area contributed by atoms with Gasteiger partial charge in [-0.3, -0.25) is 0 Å². The molecule has 0 saturated heterocycles. The van der Waals surface area contributed by atoms with Crippen LogP contribution < -0.4 is 0 Å². The van der Waals surface area contributed by atoms with Crippen LogP contribution in [0.5, 0.6) is 0 Å². The molecule has 0 aromatic heterocycles. The Kier molecular flexibility index (Phi) is 3.37. The zero-order chi connectivity index (χ0) is 12.4. The number of aryl methyl sites for hydroxylation is 1. The number of allylic oxidation sites excluding steroid dienone is 4. The van der Waals surface area contributed by atoms with Crippen molar-refractivity contribution in [2.75, 3.05) is 0 Å². The Bertz CT molecular complexity index is 463. The third kappa shape index (κ3) is 2.44. The van der Waals surface area contributed by atoms with E-state index in [1.807, 2.05) is 6.08 Å². The fourth-order valence-corrected chi connectivity index (χ4v) is 2.45. The summed E-state index contributed by atoms with van der Waals surface area (Å²) in [7, 11) is 0. The van der Waals surface area contributed by atoms with Gasteiger partial charge in [-0.15, -0.1) is 0 Å². The molecular formula is C16H20O. The first-order chi connectivity index (χ1) is 8.11. The van der Waals surface area contributed by atoms with Gasteiger partial charge in [0.25, 0.3) is 0 Å². The lowest BCUT2D eigenvalue weighted by Crippen LogP contribution is -2.09. The molecule has 0 heterocycles. The van der Waals surface area contributed by atoms with Gasteiger partial charge >= 0.3 is 0 Å². The van der Waals surface area contributed by atoms with Gasteiger partial charge in [-0.2, -0.15) is 0 Å². The van der Waals surface area contributed by atoms with E-state index in [1.54, 1.807) is 0 Å². The van der Waals surface area contributed by atoms with E-state index in [0.29, 0.717) is 5.76 Å². The molecule has 1 nitrogen and oxygen atoms in total. The summed E-state index contributed by atoms with van der Waals surface area (Å²) in [6.45, 7) is 6.35. The Hall–Kier alpha value is -1.50. The molecule has 0 fully saturated rings.